The predicted octanol–water partition coefficient (Wildman–Crippen LogP) is 1.16. The molecule has 2 unspecified atom stereocenters. The van der Waals surface area contributed by atoms with E-state index in [-0.39, 0.29) is 0 Å². The minimum atomic E-state index is 0.304. The van der Waals surface area contributed by atoms with Gasteiger partial charge in [-0.05, 0) is 24.6 Å². The van der Waals surface area contributed by atoms with Crippen molar-refractivity contribution in [3.05, 3.63) is 30.1 Å². The Labute approximate surface area is 102 Å². The van der Waals surface area contributed by atoms with Gasteiger partial charge in [-0.3, -0.25) is 9.88 Å². The maximum Gasteiger partial charge on any atom is 0.0638 e. The first-order valence-corrected chi connectivity index (χ1v) is 6.03. The van der Waals surface area contributed by atoms with E-state index in [0.717, 1.165) is 19.6 Å². The van der Waals surface area contributed by atoms with Crippen LogP contribution in [0.5, 0.6) is 0 Å². The number of hydrogen-bond donors (Lipinski definition) is 1. The molecule has 1 aliphatic rings. The van der Waals surface area contributed by atoms with E-state index in [1.54, 1.807) is 0 Å². The molecule has 1 aliphatic heterocycles. The maximum absolute atomic E-state index is 8.74. The Morgan fingerprint density at radius 3 is 3.00 bits per heavy atom. The van der Waals surface area contributed by atoms with E-state index in [0.29, 0.717) is 18.5 Å². The smallest absolute Gasteiger partial charge is 0.0638 e. The third-order valence-electron chi connectivity index (χ3n) is 3.25. The van der Waals surface area contributed by atoms with Crippen LogP contribution in [0.1, 0.15) is 18.9 Å². The van der Waals surface area contributed by atoms with Crippen LogP contribution in [-0.2, 0) is 6.54 Å². The van der Waals surface area contributed by atoms with Crippen molar-refractivity contribution in [2.75, 3.05) is 13.1 Å². The van der Waals surface area contributed by atoms with Crippen LogP contribution in [0.15, 0.2) is 24.5 Å². The number of hydrogen-bond acceptors (Lipinski definition) is 4. The van der Waals surface area contributed by atoms with E-state index in [9.17, 15) is 0 Å². The number of aromatic nitrogens is 1. The summed E-state index contributed by atoms with van der Waals surface area (Å²) in [6.45, 7) is 5.05. The molecule has 0 aliphatic carbocycles. The standard InChI is InChI=1S/C13H18N4/c1-11-8-16-13(2-5-14)10-17(11)9-12-3-6-15-7-4-12/h3-4,6-7,11,13,16H,2,8-10H2,1H3. The summed E-state index contributed by atoms with van der Waals surface area (Å²) >= 11 is 0. The Bertz CT molecular complexity index is 384. The fourth-order valence-corrected chi connectivity index (χ4v) is 2.18. The molecule has 0 spiro atoms. The van der Waals surface area contributed by atoms with Crippen molar-refractivity contribution < 1.29 is 0 Å². The minimum Gasteiger partial charge on any atom is -0.310 e. The number of piperazine rings is 1. The predicted molar refractivity (Wildman–Crippen MR) is 66.1 cm³/mol. The highest BCUT2D eigenvalue weighted by atomic mass is 15.2. The highest BCUT2D eigenvalue weighted by Gasteiger charge is 2.24. The van der Waals surface area contributed by atoms with Crippen LogP contribution in [0, 0.1) is 11.3 Å². The first-order valence-electron chi connectivity index (χ1n) is 6.03. The van der Waals surface area contributed by atoms with E-state index in [1.165, 1.54) is 5.56 Å². The molecule has 0 saturated carbocycles. The van der Waals surface area contributed by atoms with Crippen LogP contribution >= 0.6 is 0 Å². The van der Waals surface area contributed by atoms with Crippen LogP contribution in [-0.4, -0.2) is 35.1 Å². The summed E-state index contributed by atoms with van der Waals surface area (Å²) in [7, 11) is 0. The normalized spacial score (nSPS) is 25.4. The number of pyridine rings is 1. The van der Waals surface area contributed by atoms with Crippen molar-refractivity contribution in [2.45, 2.75) is 32.0 Å². The van der Waals surface area contributed by atoms with E-state index in [2.05, 4.69) is 28.2 Å². The largest absolute Gasteiger partial charge is 0.310 e. The molecule has 90 valence electrons. The number of nitrogens with one attached hydrogen (secondary N) is 1. The minimum absolute atomic E-state index is 0.304. The van der Waals surface area contributed by atoms with Crippen molar-refractivity contribution in [1.29, 1.82) is 5.26 Å². The molecular weight excluding hydrogens is 212 g/mol. The SMILES string of the molecule is CC1CNC(CC#N)CN1Cc1ccncc1. The average Bonchev–Trinajstić information content (AvgIpc) is 2.35. The molecule has 2 atom stereocenters. The Kier molecular flexibility index (Phi) is 4.08. The molecule has 1 fully saturated rings. The second-order valence-corrected chi connectivity index (χ2v) is 4.60. The second-order valence-electron chi connectivity index (χ2n) is 4.60. The van der Waals surface area contributed by atoms with Gasteiger partial charge in [0.05, 0.1) is 12.5 Å². The lowest BCUT2D eigenvalue weighted by atomic mass is 10.1. The van der Waals surface area contributed by atoms with Gasteiger partial charge in [-0.15, -0.1) is 0 Å². The lowest BCUT2D eigenvalue weighted by Crippen LogP contribution is -2.54. The Balaban J connectivity index is 1.96. The first kappa shape index (κ1) is 12.0. The summed E-state index contributed by atoms with van der Waals surface area (Å²) in [5.74, 6) is 0. The summed E-state index contributed by atoms with van der Waals surface area (Å²) in [5, 5.41) is 12.2. The number of rotatable bonds is 3. The van der Waals surface area contributed by atoms with Crippen LogP contribution in [0.25, 0.3) is 0 Å². The third kappa shape index (κ3) is 3.26. The summed E-state index contributed by atoms with van der Waals surface area (Å²) in [6, 6.07) is 7.15. The zero-order valence-corrected chi connectivity index (χ0v) is 10.1. The Morgan fingerprint density at radius 2 is 2.29 bits per heavy atom. The first-order chi connectivity index (χ1) is 8.29. The molecule has 1 aromatic rings. The van der Waals surface area contributed by atoms with Crippen molar-refractivity contribution in [1.82, 2.24) is 15.2 Å². The van der Waals surface area contributed by atoms with Crippen molar-refractivity contribution in [3.8, 4) is 6.07 Å². The van der Waals surface area contributed by atoms with Gasteiger partial charge in [0.1, 0.15) is 0 Å². The molecule has 4 nitrogen and oxygen atoms in total. The van der Waals surface area contributed by atoms with Gasteiger partial charge in [0.25, 0.3) is 0 Å². The third-order valence-corrected chi connectivity index (χ3v) is 3.25. The highest BCUT2D eigenvalue weighted by molar-refractivity contribution is 5.10. The molecule has 1 saturated heterocycles. The second kappa shape index (κ2) is 5.76. The average molecular weight is 230 g/mol. The van der Waals surface area contributed by atoms with Gasteiger partial charge in [-0.1, -0.05) is 0 Å². The van der Waals surface area contributed by atoms with Gasteiger partial charge in [-0.2, -0.15) is 5.26 Å². The van der Waals surface area contributed by atoms with Gasteiger partial charge in [0.2, 0.25) is 0 Å². The van der Waals surface area contributed by atoms with E-state index in [1.807, 2.05) is 24.5 Å². The lowest BCUT2D eigenvalue weighted by Gasteiger charge is -2.38. The zero-order valence-electron chi connectivity index (χ0n) is 10.1. The monoisotopic (exact) mass is 230 g/mol. The molecule has 1 N–H and O–H groups in total. The van der Waals surface area contributed by atoms with E-state index < -0.39 is 0 Å². The van der Waals surface area contributed by atoms with Gasteiger partial charge < -0.3 is 5.32 Å². The fraction of sp³-hybridized carbons (Fsp3) is 0.538. The zero-order chi connectivity index (χ0) is 12.1. The van der Waals surface area contributed by atoms with E-state index in [4.69, 9.17) is 5.26 Å². The van der Waals surface area contributed by atoms with Gasteiger partial charge >= 0.3 is 0 Å². The van der Waals surface area contributed by atoms with Gasteiger partial charge in [0, 0.05) is 44.1 Å². The van der Waals surface area contributed by atoms with Gasteiger partial charge in [0.15, 0.2) is 0 Å². The summed E-state index contributed by atoms with van der Waals surface area (Å²) in [4.78, 5) is 6.45. The highest BCUT2D eigenvalue weighted by Crippen LogP contribution is 2.12. The van der Waals surface area contributed by atoms with Crippen LogP contribution in [0.3, 0.4) is 0 Å². The molecule has 0 aromatic carbocycles. The fourth-order valence-electron chi connectivity index (χ4n) is 2.18. The van der Waals surface area contributed by atoms with Gasteiger partial charge in [-0.25, -0.2) is 0 Å². The van der Waals surface area contributed by atoms with E-state index >= 15 is 0 Å². The number of nitriles is 1. The van der Waals surface area contributed by atoms with Crippen molar-refractivity contribution >= 4 is 0 Å². The van der Waals surface area contributed by atoms with Crippen molar-refractivity contribution in [3.63, 3.8) is 0 Å². The number of nitrogens with zero attached hydrogens (tertiary/aromatic N) is 3. The summed E-state index contributed by atoms with van der Waals surface area (Å²) < 4.78 is 0. The maximum atomic E-state index is 8.74. The molecule has 0 radical (unpaired) electrons. The molecule has 1 aromatic heterocycles. The lowest BCUT2D eigenvalue weighted by molar-refractivity contribution is 0.134. The molecule has 2 rings (SSSR count). The molecular formula is C13H18N4. The molecule has 17 heavy (non-hydrogen) atoms. The summed E-state index contributed by atoms with van der Waals surface area (Å²) in [6.07, 6.45) is 4.24. The Morgan fingerprint density at radius 1 is 1.53 bits per heavy atom. The molecule has 2 heterocycles. The van der Waals surface area contributed by atoms with Crippen LogP contribution in [0.2, 0.25) is 0 Å². The van der Waals surface area contributed by atoms with Crippen LogP contribution in [0.4, 0.5) is 0 Å². The van der Waals surface area contributed by atoms with Crippen molar-refractivity contribution in [2.24, 2.45) is 0 Å². The molecule has 0 bridgehead atoms. The topological polar surface area (TPSA) is 52.0 Å². The Hall–Kier alpha value is -1.44. The quantitative estimate of drug-likeness (QED) is 0.846. The molecule has 4 heteroatoms. The summed E-state index contributed by atoms with van der Waals surface area (Å²) in [5.41, 5.74) is 1.28. The molecule has 0 amide bonds. The van der Waals surface area contributed by atoms with Crippen LogP contribution < -0.4 is 5.32 Å².